The van der Waals surface area contributed by atoms with Crippen molar-refractivity contribution >= 4 is 35.8 Å². The number of piperidine rings is 1. The van der Waals surface area contributed by atoms with Crippen molar-refractivity contribution in [2.75, 3.05) is 26.7 Å². The first-order valence-electron chi connectivity index (χ1n) is 10.5. The monoisotopic (exact) mass is 520 g/mol. The van der Waals surface area contributed by atoms with E-state index in [1.165, 1.54) is 5.56 Å². The van der Waals surface area contributed by atoms with Crippen LogP contribution in [-0.2, 0) is 6.54 Å². The Bertz CT molecular complexity index is 840. The van der Waals surface area contributed by atoms with E-state index >= 15 is 0 Å². The predicted octanol–water partition coefficient (Wildman–Crippen LogP) is 4.26. The normalized spacial score (nSPS) is 19.0. The van der Waals surface area contributed by atoms with Crippen LogP contribution >= 0.6 is 24.0 Å². The maximum Gasteiger partial charge on any atom is 0.251 e. The average Bonchev–Trinajstić information content (AvgIpc) is 2.75. The molecule has 2 atom stereocenters. The van der Waals surface area contributed by atoms with Gasteiger partial charge in [-0.1, -0.05) is 49.4 Å². The lowest BCUT2D eigenvalue weighted by atomic mass is 9.82. The third-order valence-corrected chi connectivity index (χ3v) is 5.62. The number of aliphatic imine (C=N–C) groups is 1. The van der Waals surface area contributed by atoms with Gasteiger partial charge in [0.15, 0.2) is 5.96 Å². The maximum absolute atomic E-state index is 12.1. The molecule has 5 nitrogen and oxygen atoms in total. The molecule has 2 N–H and O–H groups in total. The van der Waals surface area contributed by atoms with E-state index in [0.717, 1.165) is 31.0 Å². The number of nitrogens with one attached hydrogen (secondary N) is 2. The summed E-state index contributed by atoms with van der Waals surface area (Å²) >= 11 is 0. The highest BCUT2D eigenvalue weighted by Gasteiger charge is 2.28. The number of likely N-dealkylation sites (tertiary alicyclic amines) is 1. The van der Waals surface area contributed by atoms with Gasteiger partial charge in [0.1, 0.15) is 0 Å². The molecule has 0 aliphatic carbocycles. The largest absolute Gasteiger partial charge is 0.352 e. The fraction of sp³-hybridized carbons (Fsp3) is 0.417. The lowest BCUT2D eigenvalue weighted by molar-refractivity contribution is 0.0955. The average molecular weight is 520 g/mol. The number of amides is 1. The number of guanidine groups is 1. The van der Waals surface area contributed by atoms with Crippen LogP contribution in [0.2, 0.25) is 0 Å². The predicted molar refractivity (Wildman–Crippen MR) is 135 cm³/mol. The first-order chi connectivity index (χ1) is 14.1. The number of carbonyl (C=O) groups excluding carboxylic acids is 1. The first-order valence-corrected chi connectivity index (χ1v) is 10.5. The molecule has 1 amide bonds. The molecule has 3 rings (SSSR count). The van der Waals surface area contributed by atoms with Gasteiger partial charge in [-0.05, 0) is 48.4 Å². The zero-order valence-corrected chi connectivity index (χ0v) is 20.4. The fourth-order valence-corrected chi connectivity index (χ4v) is 4.13. The third-order valence-electron chi connectivity index (χ3n) is 5.62. The smallest absolute Gasteiger partial charge is 0.251 e. The van der Waals surface area contributed by atoms with Crippen LogP contribution in [0.1, 0.15) is 47.7 Å². The van der Waals surface area contributed by atoms with Crippen LogP contribution in [-0.4, -0.2) is 43.4 Å². The first kappa shape index (κ1) is 24.2. The van der Waals surface area contributed by atoms with Crippen LogP contribution in [0.5, 0.6) is 0 Å². The summed E-state index contributed by atoms with van der Waals surface area (Å²) in [7, 11) is 1.83. The Morgan fingerprint density at radius 1 is 1.13 bits per heavy atom. The molecular weight excluding hydrogens is 487 g/mol. The molecule has 162 valence electrons. The van der Waals surface area contributed by atoms with E-state index in [1.54, 1.807) is 0 Å². The van der Waals surface area contributed by atoms with Gasteiger partial charge in [-0.2, -0.15) is 0 Å². The van der Waals surface area contributed by atoms with Crippen LogP contribution in [0.3, 0.4) is 0 Å². The number of hydrogen-bond donors (Lipinski definition) is 2. The van der Waals surface area contributed by atoms with Gasteiger partial charge in [-0.15, -0.1) is 24.0 Å². The van der Waals surface area contributed by atoms with Crippen molar-refractivity contribution in [1.82, 2.24) is 15.5 Å². The lowest BCUT2D eigenvalue weighted by Crippen LogP contribution is -2.47. The van der Waals surface area contributed by atoms with Gasteiger partial charge in [-0.25, -0.2) is 0 Å². The van der Waals surface area contributed by atoms with E-state index in [1.807, 2.05) is 38.2 Å². The molecule has 0 aromatic heterocycles. The summed E-state index contributed by atoms with van der Waals surface area (Å²) in [6, 6.07) is 18.6. The lowest BCUT2D eigenvalue weighted by Gasteiger charge is -2.39. The summed E-state index contributed by atoms with van der Waals surface area (Å²) in [4.78, 5) is 18.9. The van der Waals surface area contributed by atoms with Gasteiger partial charge in [-0.3, -0.25) is 9.79 Å². The second-order valence-electron chi connectivity index (χ2n) is 7.69. The standard InChI is InChI=1S/C24H32N4O.HI/c1-4-26-23(29)21-12-8-9-19(15-21)16-27-24(25-3)28-14-13-22(18(2)17-28)20-10-6-5-7-11-20;/h5-12,15,18,22H,4,13-14,16-17H2,1-3H3,(H,25,27)(H,26,29);1H. The third kappa shape index (κ3) is 6.20. The van der Waals surface area contributed by atoms with Gasteiger partial charge < -0.3 is 15.5 Å². The Kier molecular flexibility index (Phi) is 9.62. The van der Waals surface area contributed by atoms with E-state index in [-0.39, 0.29) is 29.9 Å². The molecule has 0 bridgehead atoms. The van der Waals surface area contributed by atoms with Gasteiger partial charge in [0.05, 0.1) is 0 Å². The van der Waals surface area contributed by atoms with Crippen molar-refractivity contribution in [3.63, 3.8) is 0 Å². The van der Waals surface area contributed by atoms with E-state index in [0.29, 0.717) is 30.5 Å². The van der Waals surface area contributed by atoms with Gasteiger partial charge in [0.2, 0.25) is 0 Å². The molecule has 2 unspecified atom stereocenters. The number of halogens is 1. The van der Waals surface area contributed by atoms with Crippen LogP contribution in [0.15, 0.2) is 59.6 Å². The number of nitrogens with zero attached hydrogens (tertiary/aromatic N) is 2. The molecule has 0 saturated carbocycles. The van der Waals surface area contributed by atoms with Gasteiger partial charge in [0, 0.05) is 38.8 Å². The van der Waals surface area contributed by atoms with Crippen LogP contribution in [0.25, 0.3) is 0 Å². The highest BCUT2D eigenvalue weighted by atomic mass is 127. The van der Waals surface area contributed by atoms with E-state index < -0.39 is 0 Å². The van der Waals surface area contributed by atoms with Crippen molar-refractivity contribution in [2.24, 2.45) is 10.9 Å². The minimum absolute atomic E-state index is 0. The second-order valence-corrected chi connectivity index (χ2v) is 7.69. The number of hydrogen-bond acceptors (Lipinski definition) is 2. The maximum atomic E-state index is 12.1. The van der Waals surface area contributed by atoms with Crippen LogP contribution < -0.4 is 10.6 Å². The molecule has 1 fully saturated rings. The Balaban J connectivity index is 0.00000320. The summed E-state index contributed by atoms with van der Waals surface area (Å²) in [6.45, 7) is 7.50. The molecule has 0 spiro atoms. The summed E-state index contributed by atoms with van der Waals surface area (Å²) in [6.07, 6.45) is 1.12. The molecule has 2 aromatic rings. The highest BCUT2D eigenvalue weighted by Crippen LogP contribution is 2.32. The Hall–Kier alpha value is -2.09. The van der Waals surface area contributed by atoms with Gasteiger partial charge in [0.25, 0.3) is 5.91 Å². The number of rotatable bonds is 5. The molecule has 1 saturated heterocycles. The molecule has 6 heteroatoms. The van der Waals surface area contributed by atoms with Crippen molar-refractivity contribution in [1.29, 1.82) is 0 Å². The zero-order chi connectivity index (χ0) is 20.6. The summed E-state index contributed by atoms with van der Waals surface area (Å²) < 4.78 is 0. The van der Waals surface area contributed by atoms with Crippen molar-refractivity contribution in [3.05, 3.63) is 71.3 Å². The summed E-state index contributed by atoms with van der Waals surface area (Å²) in [5, 5.41) is 6.32. The highest BCUT2D eigenvalue weighted by molar-refractivity contribution is 14.0. The minimum atomic E-state index is -0.0319. The Labute approximate surface area is 197 Å². The molecule has 2 aromatic carbocycles. The fourth-order valence-electron chi connectivity index (χ4n) is 4.13. The van der Waals surface area contributed by atoms with E-state index in [4.69, 9.17) is 0 Å². The zero-order valence-electron chi connectivity index (χ0n) is 18.1. The van der Waals surface area contributed by atoms with Crippen molar-refractivity contribution < 1.29 is 4.79 Å². The SMILES string of the molecule is CCNC(=O)c1cccc(CNC(=NC)N2CCC(c3ccccc3)C(C)C2)c1.I. The molecule has 30 heavy (non-hydrogen) atoms. The Morgan fingerprint density at radius 3 is 2.57 bits per heavy atom. The molecular formula is C24H33IN4O. The number of carbonyl (C=O) groups is 1. The Morgan fingerprint density at radius 2 is 1.90 bits per heavy atom. The van der Waals surface area contributed by atoms with E-state index in [2.05, 4.69) is 57.8 Å². The van der Waals surface area contributed by atoms with Crippen molar-refractivity contribution in [3.8, 4) is 0 Å². The van der Waals surface area contributed by atoms with Gasteiger partial charge >= 0.3 is 0 Å². The van der Waals surface area contributed by atoms with Crippen LogP contribution in [0.4, 0.5) is 0 Å². The minimum Gasteiger partial charge on any atom is -0.352 e. The van der Waals surface area contributed by atoms with Crippen LogP contribution in [0, 0.1) is 5.92 Å². The summed E-state index contributed by atoms with van der Waals surface area (Å²) in [5.41, 5.74) is 3.20. The quantitative estimate of drug-likeness (QED) is 0.352. The topological polar surface area (TPSA) is 56.7 Å². The molecule has 0 radical (unpaired) electrons. The number of benzene rings is 2. The molecule has 1 aliphatic rings. The summed E-state index contributed by atoms with van der Waals surface area (Å²) in [5.74, 6) is 2.05. The molecule has 1 aliphatic heterocycles. The van der Waals surface area contributed by atoms with E-state index in [9.17, 15) is 4.79 Å². The van der Waals surface area contributed by atoms with Crippen molar-refractivity contribution in [2.45, 2.75) is 32.7 Å². The second kappa shape index (κ2) is 11.9. The molecule has 1 heterocycles.